The highest BCUT2D eigenvalue weighted by atomic mass is 35.5. The number of furan rings is 1. The van der Waals surface area contributed by atoms with Gasteiger partial charge in [0.2, 0.25) is 0 Å². The summed E-state index contributed by atoms with van der Waals surface area (Å²) in [6, 6.07) is 10.1. The van der Waals surface area contributed by atoms with E-state index in [0.717, 1.165) is 17.1 Å². The third-order valence-electron chi connectivity index (χ3n) is 2.87. The zero-order valence-electron chi connectivity index (χ0n) is 10.3. The van der Waals surface area contributed by atoms with Crippen molar-refractivity contribution < 1.29 is 4.42 Å². The molecular formula is C14H16ClNO. The minimum absolute atomic E-state index is 0.201. The lowest BCUT2D eigenvalue weighted by atomic mass is 10.1. The fourth-order valence-corrected chi connectivity index (χ4v) is 1.91. The molecule has 0 spiro atoms. The Labute approximate surface area is 107 Å². The topological polar surface area (TPSA) is 25.2 Å². The van der Waals surface area contributed by atoms with Crippen LogP contribution in [0.2, 0.25) is 5.02 Å². The van der Waals surface area contributed by atoms with E-state index >= 15 is 0 Å². The van der Waals surface area contributed by atoms with Crippen LogP contribution in [-0.2, 0) is 0 Å². The van der Waals surface area contributed by atoms with E-state index in [1.807, 2.05) is 44.3 Å². The number of hydrogen-bond acceptors (Lipinski definition) is 2. The number of benzene rings is 1. The summed E-state index contributed by atoms with van der Waals surface area (Å²) in [6.07, 6.45) is 0. The summed E-state index contributed by atoms with van der Waals surface area (Å²) in [5.74, 6) is 1.73. The fraction of sp³-hybridized carbons (Fsp3) is 0.286. The van der Waals surface area contributed by atoms with Crippen molar-refractivity contribution in [1.82, 2.24) is 5.32 Å². The highest BCUT2D eigenvalue weighted by Crippen LogP contribution is 2.31. The van der Waals surface area contributed by atoms with E-state index in [0.29, 0.717) is 5.02 Å². The maximum Gasteiger partial charge on any atom is 0.135 e. The molecule has 1 unspecified atom stereocenters. The average Bonchev–Trinajstić information content (AvgIpc) is 2.80. The van der Waals surface area contributed by atoms with Gasteiger partial charge in [0.15, 0.2) is 0 Å². The molecule has 1 N–H and O–H groups in total. The van der Waals surface area contributed by atoms with E-state index in [1.165, 1.54) is 5.56 Å². The molecule has 1 heterocycles. The maximum atomic E-state index is 6.18. The van der Waals surface area contributed by atoms with Gasteiger partial charge in [0.25, 0.3) is 0 Å². The first kappa shape index (κ1) is 12.2. The van der Waals surface area contributed by atoms with E-state index in [-0.39, 0.29) is 6.04 Å². The van der Waals surface area contributed by atoms with Gasteiger partial charge in [0, 0.05) is 5.56 Å². The van der Waals surface area contributed by atoms with Crippen LogP contribution in [0.5, 0.6) is 0 Å². The highest BCUT2D eigenvalue weighted by molar-refractivity contribution is 6.33. The molecule has 1 aromatic carbocycles. The molecule has 2 rings (SSSR count). The highest BCUT2D eigenvalue weighted by Gasteiger charge is 2.11. The van der Waals surface area contributed by atoms with E-state index in [1.54, 1.807) is 0 Å². The Balaban J connectivity index is 2.40. The maximum absolute atomic E-state index is 6.18. The molecule has 0 radical (unpaired) electrons. The van der Waals surface area contributed by atoms with Crippen LogP contribution in [0, 0.1) is 6.92 Å². The Morgan fingerprint density at radius 2 is 2.00 bits per heavy atom. The van der Waals surface area contributed by atoms with Crippen LogP contribution in [0.4, 0.5) is 0 Å². The first-order chi connectivity index (χ1) is 8.11. The van der Waals surface area contributed by atoms with Crippen LogP contribution in [0.3, 0.4) is 0 Å². The zero-order valence-corrected chi connectivity index (χ0v) is 11.0. The standard InChI is InChI=1S/C14H16ClNO/c1-9-4-5-12(15)11(8-9)14-7-6-13(17-14)10(2)16-3/h4-8,10,16H,1-3H3. The molecule has 0 amide bonds. The lowest BCUT2D eigenvalue weighted by molar-refractivity contribution is 0.458. The summed E-state index contributed by atoms with van der Waals surface area (Å²) in [6.45, 7) is 4.10. The molecule has 2 aromatic rings. The van der Waals surface area contributed by atoms with Crippen LogP contribution in [0.1, 0.15) is 24.3 Å². The van der Waals surface area contributed by atoms with Gasteiger partial charge in [-0.05, 0) is 45.2 Å². The minimum Gasteiger partial charge on any atom is -0.459 e. The van der Waals surface area contributed by atoms with Crippen LogP contribution >= 0.6 is 11.6 Å². The summed E-state index contributed by atoms with van der Waals surface area (Å²) in [5, 5.41) is 3.86. The predicted molar refractivity (Wildman–Crippen MR) is 71.4 cm³/mol. The Bertz CT molecular complexity index is 519. The average molecular weight is 250 g/mol. The van der Waals surface area contributed by atoms with Crippen molar-refractivity contribution >= 4 is 11.6 Å². The summed E-state index contributed by atoms with van der Waals surface area (Å²) < 4.78 is 5.81. The van der Waals surface area contributed by atoms with Crippen molar-refractivity contribution in [2.75, 3.05) is 7.05 Å². The Hall–Kier alpha value is -1.25. The second-order valence-corrected chi connectivity index (χ2v) is 4.60. The zero-order chi connectivity index (χ0) is 12.4. The number of nitrogens with one attached hydrogen (secondary N) is 1. The minimum atomic E-state index is 0.201. The molecule has 0 aliphatic heterocycles. The molecule has 1 aromatic heterocycles. The molecule has 3 heteroatoms. The SMILES string of the molecule is CNC(C)c1ccc(-c2cc(C)ccc2Cl)o1. The van der Waals surface area contributed by atoms with Gasteiger partial charge in [-0.15, -0.1) is 0 Å². The monoisotopic (exact) mass is 249 g/mol. The largest absolute Gasteiger partial charge is 0.459 e. The third kappa shape index (κ3) is 2.54. The van der Waals surface area contributed by atoms with E-state index in [9.17, 15) is 0 Å². The van der Waals surface area contributed by atoms with E-state index < -0.39 is 0 Å². The van der Waals surface area contributed by atoms with Crippen molar-refractivity contribution in [3.63, 3.8) is 0 Å². The van der Waals surface area contributed by atoms with Crippen molar-refractivity contribution in [3.05, 3.63) is 46.7 Å². The van der Waals surface area contributed by atoms with Crippen LogP contribution in [0.15, 0.2) is 34.7 Å². The number of hydrogen-bond donors (Lipinski definition) is 1. The van der Waals surface area contributed by atoms with Gasteiger partial charge in [-0.2, -0.15) is 0 Å². The summed E-state index contributed by atoms with van der Waals surface area (Å²) >= 11 is 6.18. The predicted octanol–water partition coefficient (Wildman–Crippen LogP) is 4.19. The van der Waals surface area contributed by atoms with Crippen molar-refractivity contribution in [2.45, 2.75) is 19.9 Å². The van der Waals surface area contributed by atoms with Crippen LogP contribution < -0.4 is 5.32 Å². The van der Waals surface area contributed by atoms with Crippen molar-refractivity contribution in [2.24, 2.45) is 0 Å². The molecule has 0 fully saturated rings. The number of rotatable bonds is 3. The number of aryl methyl sites for hydroxylation is 1. The summed E-state index contributed by atoms with van der Waals surface area (Å²) in [4.78, 5) is 0. The van der Waals surface area contributed by atoms with Crippen LogP contribution in [-0.4, -0.2) is 7.05 Å². The fourth-order valence-electron chi connectivity index (χ4n) is 1.70. The lowest BCUT2D eigenvalue weighted by Gasteiger charge is -2.06. The van der Waals surface area contributed by atoms with Gasteiger partial charge in [-0.25, -0.2) is 0 Å². The molecule has 17 heavy (non-hydrogen) atoms. The Morgan fingerprint density at radius 1 is 1.24 bits per heavy atom. The molecule has 0 saturated heterocycles. The number of halogens is 1. The molecule has 0 aliphatic carbocycles. The molecule has 90 valence electrons. The Morgan fingerprint density at radius 3 is 2.71 bits per heavy atom. The first-order valence-corrected chi connectivity index (χ1v) is 6.03. The molecule has 0 saturated carbocycles. The second-order valence-electron chi connectivity index (χ2n) is 4.20. The van der Waals surface area contributed by atoms with Gasteiger partial charge in [0.05, 0.1) is 11.1 Å². The quantitative estimate of drug-likeness (QED) is 0.883. The van der Waals surface area contributed by atoms with Gasteiger partial charge < -0.3 is 9.73 Å². The molecule has 2 nitrogen and oxygen atoms in total. The molecule has 0 bridgehead atoms. The van der Waals surface area contributed by atoms with Crippen LogP contribution in [0.25, 0.3) is 11.3 Å². The smallest absolute Gasteiger partial charge is 0.135 e. The Kier molecular flexibility index (Phi) is 3.55. The van der Waals surface area contributed by atoms with Gasteiger partial charge in [0.1, 0.15) is 11.5 Å². The molecule has 0 aliphatic rings. The van der Waals surface area contributed by atoms with E-state index in [4.69, 9.17) is 16.0 Å². The molecule has 1 atom stereocenters. The van der Waals surface area contributed by atoms with E-state index in [2.05, 4.69) is 12.2 Å². The normalized spacial score (nSPS) is 12.7. The summed E-state index contributed by atoms with van der Waals surface area (Å²) in [7, 11) is 1.91. The third-order valence-corrected chi connectivity index (χ3v) is 3.20. The molecular weight excluding hydrogens is 234 g/mol. The second kappa shape index (κ2) is 4.94. The van der Waals surface area contributed by atoms with Gasteiger partial charge in [-0.3, -0.25) is 0 Å². The first-order valence-electron chi connectivity index (χ1n) is 5.65. The summed E-state index contributed by atoms with van der Waals surface area (Å²) in [5.41, 5.74) is 2.12. The lowest BCUT2D eigenvalue weighted by Crippen LogP contribution is -2.10. The van der Waals surface area contributed by atoms with Gasteiger partial charge >= 0.3 is 0 Å². The van der Waals surface area contributed by atoms with Gasteiger partial charge in [-0.1, -0.05) is 23.2 Å². The van der Waals surface area contributed by atoms with Crippen molar-refractivity contribution in [1.29, 1.82) is 0 Å². The van der Waals surface area contributed by atoms with Crippen molar-refractivity contribution in [3.8, 4) is 11.3 Å².